The largest absolute Gasteiger partial charge is 0.550 e. The highest BCUT2D eigenvalue weighted by Gasteiger charge is 2.59. The Morgan fingerprint density at radius 1 is 0.944 bits per heavy atom. The van der Waals surface area contributed by atoms with E-state index < -0.39 is 30.2 Å². The van der Waals surface area contributed by atoms with Crippen molar-refractivity contribution in [3.63, 3.8) is 0 Å². The molecule has 1 saturated carbocycles. The molecule has 0 aromatic heterocycles. The Morgan fingerprint density at radius 3 is 2.00 bits per heavy atom. The Bertz CT molecular complexity index is 913. The van der Waals surface area contributed by atoms with E-state index >= 15 is 0 Å². The number of alkyl halides is 6. The van der Waals surface area contributed by atoms with Gasteiger partial charge in [0.1, 0.15) is 12.5 Å². The van der Waals surface area contributed by atoms with Crippen molar-refractivity contribution in [3.8, 4) is 16.9 Å². The molecule has 1 atom stereocenters. The fraction of sp³-hybridized carbons (Fsp3) is 0.480. The summed E-state index contributed by atoms with van der Waals surface area (Å²) in [5.41, 5.74) is 1.45. The zero-order valence-corrected chi connectivity index (χ0v) is 19.5. The van der Waals surface area contributed by atoms with Gasteiger partial charge in [-0.3, -0.25) is 0 Å². The summed E-state index contributed by atoms with van der Waals surface area (Å²) >= 11 is 0. The first-order valence-electron chi connectivity index (χ1n) is 11.3. The molecule has 1 aliphatic rings. The van der Waals surface area contributed by atoms with Crippen LogP contribution in [0.15, 0.2) is 54.6 Å². The van der Waals surface area contributed by atoms with E-state index in [1.165, 1.54) is 12.1 Å². The van der Waals surface area contributed by atoms with Crippen molar-refractivity contribution < 1.29 is 50.5 Å². The normalized spacial score (nSPS) is 19.1. The number of aliphatic carboxylic acids is 1. The van der Waals surface area contributed by atoms with Crippen molar-refractivity contribution in [2.24, 2.45) is 5.92 Å². The van der Waals surface area contributed by atoms with Crippen LogP contribution in [0.4, 0.5) is 26.3 Å². The van der Waals surface area contributed by atoms with E-state index in [-0.39, 0.29) is 12.0 Å². The maximum absolute atomic E-state index is 13.1. The molecule has 2 aromatic carbocycles. The molecule has 1 fully saturated rings. The minimum Gasteiger partial charge on any atom is -0.550 e. The molecule has 1 aliphatic carbocycles. The Kier molecular flexibility index (Phi) is 11.0. The monoisotopic (exact) mass is 521 g/mol. The minimum absolute atomic E-state index is 0.164. The number of rotatable bonds is 9. The van der Waals surface area contributed by atoms with Crippen LogP contribution < -0.4 is 9.84 Å². The lowest BCUT2D eigenvalue weighted by atomic mass is 9.87. The molecule has 0 saturated heterocycles. The van der Waals surface area contributed by atoms with E-state index in [0.29, 0.717) is 31.8 Å². The van der Waals surface area contributed by atoms with Crippen LogP contribution in [0.2, 0.25) is 0 Å². The van der Waals surface area contributed by atoms with E-state index in [1.54, 1.807) is 30.3 Å². The second-order valence-electron chi connectivity index (χ2n) is 8.03. The number of carboxylic acids is 1. The third-order valence-corrected chi connectivity index (χ3v) is 5.40. The van der Waals surface area contributed by atoms with Gasteiger partial charge in [-0.15, -0.1) is 0 Å². The van der Waals surface area contributed by atoms with Gasteiger partial charge in [0.25, 0.3) is 6.17 Å². The molecule has 3 rings (SSSR count). The zero-order chi connectivity index (χ0) is 26.8. The van der Waals surface area contributed by atoms with Crippen molar-refractivity contribution >= 4 is 5.97 Å². The third kappa shape index (κ3) is 9.34. The number of carboxylic acid groups (broad SMARTS) is 1. The van der Waals surface area contributed by atoms with E-state index in [4.69, 9.17) is 9.47 Å². The third-order valence-electron chi connectivity index (χ3n) is 5.40. The molecule has 0 aliphatic heterocycles. The van der Waals surface area contributed by atoms with Crippen molar-refractivity contribution in [3.05, 3.63) is 54.6 Å². The molecule has 1 unspecified atom stereocenters. The van der Waals surface area contributed by atoms with Crippen LogP contribution in [-0.2, 0) is 14.3 Å². The molecular weight excluding hydrogens is 494 g/mol. The first-order chi connectivity index (χ1) is 16.9. The molecular formula is C25H27F6O5-. The smallest absolute Gasteiger partial charge is 0.439 e. The number of halogens is 6. The Balaban J connectivity index is 0.000000281. The van der Waals surface area contributed by atoms with Gasteiger partial charge in [0.15, 0.2) is 0 Å². The van der Waals surface area contributed by atoms with Gasteiger partial charge in [-0.1, -0.05) is 42.5 Å². The van der Waals surface area contributed by atoms with Gasteiger partial charge in [0, 0.05) is 12.6 Å². The molecule has 0 radical (unpaired) electrons. The van der Waals surface area contributed by atoms with E-state index in [0.717, 1.165) is 30.5 Å². The average molecular weight is 521 g/mol. The van der Waals surface area contributed by atoms with Gasteiger partial charge in [0.2, 0.25) is 0 Å². The number of carbonyl (C=O) groups is 1. The van der Waals surface area contributed by atoms with Gasteiger partial charge in [-0.25, -0.2) is 4.39 Å². The standard InChI is InChI=1S/C15H10F6O.C10H18O4/c16-13(14(17,18)19)15(20,21)22-12-8-6-11(7-9-12)10-4-2-1-3-5-10;1-2-13-7-14-9-5-3-8(4-6-9)10(11)12/h1-9,13H;8-9H,2-7H2,1H3,(H,11,12)/p-1. The Labute approximate surface area is 205 Å². The number of benzene rings is 2. The number of hydrogen-bond donors (Lipinski definition) is 0. The predicted molar refractivity (Wildman–Crippen MR) is 117 cm³/mol. The number of hydrogen-bond acceptors (Lipinski definition) is 5. The van der Waals surface area contributed by atoms with E-state index in [1.807, 2.05) is 6.92 Å². The molecule has 2 aromatic rings. The first-order valence-corrected chi connectivity index (χ1v) is 11.3. The van der Waals surface area contributed by atoms with E-state index in [9.17, 15) is 36.2 Å². The molecule has 200 valence electrons. The highest BCUT2D eigenvalue weighted by Crippen LogP contribution is 2.37. The molecule has 0 bridgehead atoms. The summed E-state index contributed by atoms with van der Waals surface area (Å²) in [5, 5.41) is 10.5. The summed E-state index contributed by atoms with van der Waals surface area (Å²) in [5.74, 6) is -1.76. The zero-order valence-electron chi connectivity index (χ0n) is 19.5. The molecule has 0 heterocycles. The van der Waals surface area contributed by atoms with Crippen LogP contribution >= 0.6 is 0 Å². The summed E-state index contributed by atoms with van der Waals surface area (Å²) in [6.45, 7) is 2.88. The quantitative estimate of drug-likeness (QED) is 0.247. The van der Waals surface area contributed by atoms with Gasteiger partial charge in [-0.05, 0) is 61.8 Å². The molecule has 0 spiro atoms. The summed E-state index contributed by atoms with van der Waals surface area (Å²) in [7, 11) is 0. The Morgan fingerprint density at radius 2 is 1.50 bits per heavy atom. The van der Waals surface area contributed by atoms with E-state index in [2.05, 4.69) is 4.74 Å². The highest BCUT2D eigenvalue weighted by molar-refractivity contribution is 5.67. The average Bonchev–Trinajstić information content (AvgIpc) is 2.85. The second-order valence-corrected chi connectivity index (χ2v) is 8.03. The minimum atomic E-state index is -5.70. The fourth-order valence-corrected chi connectivity index (χ4v) is 3.44. The van der Waals surface area contributed by atoms with Gasteiger partial charge in [-0.2, -0.15) is 22.0 Å². The fourth-order valence-electron chi connectivity index (χ4n) is 3.44. The number of carbonyl (C=O) groups excluding carboxylic acids is 1. The number of ether oxygens (including phenoxy) is 3. The predicted octanol–water partition coefficient (Wildman–Crippen LogP) is 5.53. The molecule has 0 N–H and O–H groups in total. The van der Waals surface area contributed by atoms with Crippen molar-refractivity contribution in [1.29, 1.82) is 0 Å². The second kappa shape index (κ2) is 13.5. The highest BCUT2D eigenvalue weighted by atomic mass is 19.4. The summed E-state index contributed by atoms with van der Waals surface area (Å²) in [6.07, 6.45) is -12.0. The lowest BCUT2D eigenvalue weighted by Gasteiger charge is -2.28. The topological polar surface area (TPSA) is 67.8 Å². The summed E-state index contributed by atoms with van der Waals surface area (Å²) < 4.78 is 89.2. The summed E-state index contributed by atoms with van der Waals surface area (Å²) in [6, 6.07) is 13.8. The summed E-state index contributed by atoms with van der Waals surface area (Å²) in [4.78, 5) is 10.5. The molecule has 36 heavy (non-hydrogen) atoms. The Hall–Kier alpha value is -2.79. The van der Waals surface area contributed by atoms with Crippen LogP contribution in [0.25, 0.3) is 11.1 Å². The van der Waals surface area contributed by atoms with Crippen LogP contribution in [-0.4, -0.2) is 43.9 Å². The van der Waals surface area contributed by atoms with Crippen LogP contribution in [0.5, 0.6) is 5.75 Å². The van der Waals surface area contributed by atoms with Crippen LogP contribution in [0.1, 0.15) is 32.6 Å². The van der Waals surface area contributed by atoms with Crippen molar-refractivity contribution in [2.75, 3.05) is 13.4 Å². The van der Waals surface area contributed by atoms with Crippen LogP contribution in [0, 0.1) is 5.92 Å². The molecule has 0 amide bonds. The SMILES string of the molecule is CCOCOC1CCC(C(=O)[O-])CC1.FC(C(F)(F)F)C(F)(F)Oc1ccc(-c2ccccc2)cc1. The lowest BCUT2D eigenvalue weighted by molar-refractivity contribution is -0.313. The molecule has 5 nitrogen and oxygen atoms in total. The van der Waals surface area contributed by atoms with Gasteiger partial charge < -0.3 is 24.1 Å². The van der Waals surface area contributed by atoms with Crippen LogP contribution in [0.3, 0.4) is 0 Å². The lowest BCUT2D eigenvalue weighted by Crippen LogP contribution is -2.45. The maximum Gasteiger partial charge on any atom is 0.439 e. The van der Waals surface area contributed by atoms with Gasteiger partial charge in [0.05, 0.1) is 6.10 Å². The maximum atomic E-state index is 13.1. The van der Waals surface area contributed by atoms with Crippen molar-refractivity contribution in [1.82, 2.24) is 0 Å². The molecule has 11 heteroatoms. The first kappa shape index (κ1) is 29.4. The van der Waals surface area contributed by atoms with Crippen molar-refractivity contribution in [2.45, 2.75) is 57.2 Å². The van der Waals surface area contributed by atoms with Gasteiger partial charge >= 0.3 is 12.3 Å².